The van der Waals surface area contributed by atoms with E-state index in [1.54, 1.807) is 42.8 Å². The molecule has 2 rings (SSSR count). The van der Waals surface area contributed by atoms with Gasteiger partial charge in [-0.15, -0.1) is 11.3 Å². The number of hydrogen-bond donors (Lipinski definition) is 1. The van der Waals surface area contributed by atoms with Crippen LogP contribution in [0.25, 0.3) is 0 Å². The lowest BCUT2D eigenvalue weighted by atomic mass is 10.2. The van der Waals surface area contributed by atoms with Crippen LogP contribution in [0.2, 0.25) is 0 Å². The van der Waals surface area contributed by atoms with Gasteiger partial charge in [0.1, 0.15) is 0 Å². The SMILES string of the molecule is CCOc1ccc(C(=O)NCc2cnc(C)s2)cc1OC. The molecule has 1 amide bonds. The molecule has 0 radical (unpaired) electrons. The van der Waals surface area contributed by atoms with E-state index >= 15 is 0 Å². The molecule has 6 heteroatoms. The Morgan fingerprint density at radius 2 is 2.19 bits per heavy atom. The first-order chi connectivity index (χ1) is 10.1. The Morgan fingerprint density at radius 3 is 2.81 bits per heavy atom. The number of hydrogen-bond acceptors (Lipinski definition) is 5. The summed E-state index contributed by atoms with van der Waals surface area (Å²) >= 11 is 1.57. The van der Waals surface area contributed by atoms with Gasteiger partial charge in [-0.2, -0.15) is 0 Å². The molecule has 1 N–H and O–H groups in total. The van der Waals surface area contributed by atoms with E-state index in [2.05, 4.69) is 10.3 Å². The van der Waals surface area contributed by atoms with E-state index < -0.39 is 0 Å². The third-order valence-electron chi connectivity index (χ3n) is 2.82. The molecule has 0 aliphatic heterocycles. The minimum Gasteiger partial charge on any atom is -0.493 e. The zero-order valence-electron chi connectivity index (χ0n) is 12.3. The van der Waals surface area contributed by atoms with Crippen molar-refractivity contribution in [3.63, 3.8) is 0 Å². The van der Waals surface area contributed by atoms with E-state index in [9.17, 15) is 4.79 Å². The van der Waals surface area contributed by atoms with Crippen LogP contribution in [-0.2, 0) is 6.54 Å². The van der Waals surface area contributed by atoms with Crippen LogP contribution in [0.4, 0.5) is 0 Å². The molecule has 0 saturated heterocycles. The molecule has 5 nitrogen and oxygen atoms in total. The van der Waals surface area contributed by atoms with Crippen molar-refractivity contribution in [3.05, 3.63) is 39.8 Å². The molecule has 112 valence electrons. The van der Waals surface area contributed by atoms with E-state index in [-0.39, 0.29) is 5.91 Å². The third kappa shape index (κ3) is 3.95. The number of aromatic nitrogens is 1. The van der Waals surface area contributed by atoms with E-state index in [0.29, 0.717) is 30.2 Å². The first-order valence-electron chi connectivity index (χ1n) is 6.64. The maximum atomic E-state index is 12.1. The minimum atomic E-state index is -0.151. The van der Waals surface area contributed by atoms with Crippen LogP contribution in [-0.4, -0.2) is 24.6 Å². The fourth-order valence-electron chi connectivity index (χ4n) is 1.84. The summed E-state index contributed by atoms with van der Waals surface area (Å²) in [6.45, 7) is 4.86. The number of nitrogens with zero attached hydrogens (tertiary/aromatic N) is 1. The summed E-state index contributed by atoms with van der Waals surface area (Å²) in [7, 11) is 1.56. The molecule has 0 atom stereocenters. The summed E-state index contributed by atoms with van der Waals surface area (Å²) in [5.74, 6) is 1.04. The van der Waals surface area contributed by atoms with E-state index in [0.717, 1.165) is 9.88 Å². The molecular formula is C15H18N2O3S. The van der Waals surface area contributed by atoms with Crippen LogP contribution in [0.15, 0.2) is 24.4 Å². The lowest BCUT2D eigenvalue weighted by Gasteiger charge is -2.11. The molecular weight excluding hydrogens is 288 g/mol. The molecule has 0 fully saturated rings. The summed E-state index contributed by atoms with van der Waals surface area (Å²) in [6.07, 6.45) is 1.78. The van der Waals surface area contributed by atoms with Gasteiger partial charge in [-0.1, -0.05) is 0 Å². The zero-order valence-corrected chi connectivity index (χ0v) is 13.1. The van der Waals surface area contributed by atoms with Crippen LogP contribution in [0.3, 0.4) is 0 Å². The lowest BCUT2D eigenvalue weighted by Crippen LogP contribution is -2.22. The van der Waals surface area contributed by atoms with E-state index in [1.807, 2.05) is 13.8 Å². The number of rotatable bonds is 6. The second kappa shape index (κ2) is 7.08. The van der Waals surface area contributed by atoms with Crippen LogP contribution in [0.1, 0.15) is 27.2 Å². The van der Waals surface area contributed by atoms with Gasteiger partial charge in [0.2, 0.25) is 0 Å². The summed E-state index contributed by atoms with van der Waals surface area (Å²) in [5.41, 5.74) is 0.538. The molecule has 21 heavy (non-hydrogen) atoms. The van der Waals surface area contributed by atoms with Crippen molar-refractivity contribution < 1.29 is 14.3 Å². The number of methoxy groups -OCH3 is 1. The first-order valence-corrected chi connectivity index (χ1v) is 7.46. The summed E-state index contributed by atoms with van der Waals surface area (Å²) in [6, 6.07) is 5.15. The predicted octanol–water partition coefficient (Wildman–Crippen LogP) is 2.79. The Balaban J connectivity index is 2.04. The number of nitrogens with one attached hydrogen (secondary N) is 1. The number of aryl methyl sites for hydroxylation is 1. The molecule has 1 aromatic carbocycles. The largest absolute Gasteiger partial charge is 0.493 e. The number of benzene rings is 1. The highest BCUT2D eigenvalue weighted by Crippen LogP contribution is 2.28. The van der Waals surface area contributed by atoms with Crippen LogP contribution in [0, 0.1) is 6.92 Å². The van der Waals surface area contributed by atoms with Gasteiger partial charge < -0.3 is 14.8 Å². The number of thiazole rings is 1. The van der Waals surface area contributed by atoms with Crippen molar-refractivity contribution >= 4 is 17.2 Å². The molecule has 0 unspecified atom stereocenters. The molecule has 0 spiro atoms. The van der Waals surface area contributed by atoms with Gasteiger partial charge in [-0.05, 0) is 32.0 Å². The quantitative estimate of drug-likeness (QED) is 0.891. The fraction of sp³-hybridized carbons (Fsp3) is 0.333. The maximum absolute atomic E-state index is 12.1. The van der Waals surface area contributed by atoms with Crippen LogP contribution in [0.5, 0.6) is 11.5 Å². The normalized spacial score (nSPS) is 10.2. The highest BCUT2D eigenvalue weighted by atomic mass is 32.1. The summed E-state index contributed by atoms with van der Waals surface area (Å²) in [4.78, 5) is 17.3. The summed E-state index contributed by atoms with van der Waals surface area (Å²) < 4.78 is 10.7. The molecule has 1 heterocycles. The lowest BCUT2D eigenvalue weighted by molar-refractivity contribution is 0.0951. The summed E-state index contributed by atoms with van der Waals surface area (Å²) in [5, 5.41) is 3.85. The van der Waals surface area contributed by atoms with Crippen molar-refractivity contribution in [2.45, 2.75) is 20.4 Å². The monoisotopic (exact) mass is 306 g/mol. The maximum Gasteiger partial charge on any atom is 0.251 e. The molecule has 0 aliphatic carbocycles. The third-order valence-corrected chi connectivity index (χ3v) is 3.73. The molecule has 0 bridgehead atoms. The highest BCUT2D eigenvalue weighted by molar-refractivity contribution is 7.11. The second-order valence-electron chi connectivity index (χ2n) is 4.33. The Hall–Kier alpha value is -2.08. The Morgan fingerprint density at radius 1 is 1.38 bits per heavy atom. The van der Waals surface area contributed by atoms with Crippen molar-refractivity contribution in [1.82, 2.24) is 10.3 Å². The van der Waals surface area contributed by atoms with Gasteiger partial charge in [0.15, 0.2) is 11.5 Å². The van der Waals surface area contributed by atoms with Crippen molar-refractivity contribution in [3.8, 4) is 11.5 Å². The van der Waals surface area contributed by atoms with Gasteiger partial charge in [-0.3, -0.25) is 4.79 Å². The Bertz CT molecular complexity index is 625. The molecule has 0 aliphatic rings. The van der Waals surface area contributed by atoms with Crippen molar-refractivity contribution in [2.75, 3.05) is 13.7 Å². The van der Waals surface area contributed by atoms with E-state index in [4.69, 9.17) is 9.47 Å². The first kappa shape index (κ1) is 15.3. The predicted molar refractivity (Wildman–Crippen MR) is 82.2 cm³/mol. The van der Waals surface area contributed by atoms with Crippen molar-refractivity contribution in [2.24, 2.45) is 0 Å². The van der Waals surface area contributed by atoms with Crippen LogP contribution < -0.4 is 14.8 Å². The molecule has 1 aromatic heterocycles. The van der Waals surface area contributed by atoms with Crippen molar-refractivity contribution in [1.29, 1.82) is 0 Å². The molecule has 0 saturated carbocycles. The topological polar surface area (TPSA) is 60.5 Å². The standard InChI is InChI=1S/C15H18N2O3S/c1-4-20-13-6-5-11(7-14(13)19-3)15(18)17-9-12-8-16-10(2)21-12/h5-8H,4,9H2,1-3H3,(H,17,18). The number of ether oxygens (including phenoxy) is 2. The Kier molecular flexibility index (Phi) is 5.16. The van der Waals surface area contributed by atoms with E-state index in [1.165, 1.54) is 0 Å². The van der Waals surface area contributed by atoms with Gasteiger partial charge in [0.05, 0.1) is 25.3 Å². The minimum absolute atomic E-state index is 0.151. The average Bonchev–Trinajstić information content (AvgIpc) is 2.91. The molecule has 2 aromatic rings. The number of carbonyl (C=O) groups excluding carboxylic acids is 1. The van der Waals surface area contributed by atoms with Gasteiger partial charge in [0, 0.05) is 16.6 Å². The number of carbonyl (C=O) groups is 1. The fourth-order valence-corrected chi connectivity index (χ4v) is 2.57. The second-order valence-corrected chi connectivity index (χ2v) is 5.65. The van der Waals surface area contributed by atoms with Gasteiger partial charge >= 0.3 is 0 Å². The average molecular weight is 306 g/mol. The highest BCUT2D eigenvalue weighted by Gasteiger charge is 2.11. The zero-order chi connectivity index (χ0) is 15.2. The Labute approximate surface area is 127 Å². The smallest absolute Gasteiger partial charge is 0.251 e. The van der Waals surface area contributed by atoms with Crippen LogP contribution >= 0.6 is 11.3 Å². The van der Waals surface area contributed by atoms with Gasteiger partial charge in [0.25, 0.3) is 5.91 Å². The van der Waals surface area contributed by atoms with Gasteiger partial charge in [-0.25, -0.2) is 4.98 Å². The number of amides is 1.